The molecule has 0 aromatic carbocycles. The van der Waals surface area contributed by atoms with Crippen LogP contribution in [0.5, 0.6) is 0 Å². The van der Waals surface area contributed by atoms with Crippen LogP contribution in [0.2, 0.25) is 0 Å². The Morgan fingerprint density at radius 2 is 2.28 bits per heavy atom. The number of amides is 1. The quantitative estimate of drug-likeness (QED) is 0.658. The van der Waals surface area contributed by atoms with E-state index in [2.05, 4.69) is 32.2 Å². The third-order valence-electron chi connectivity index (χ3n) is 5.49. The molecule has 8 nitrogen and oxygen atoms in total. The number of carbonyl (C=O) groups is 1. The molecule has 29 heavy (non-hydrogen) atoms. The number of aromatic nitrogens is 4. The first-order valence-electron chi connectivity index (χ1n) is 9.70. The highest BCUT2D eigenvalue weighted by Crippen LogP contribution is 2.37. The van der Waals surface area contributed by atoms with Crippen molar-refractivity contribution in [1.29, 1.82) is 0 Å². The monoisotopic (exact) mass is 397 g/mol. The summed E-state index contributed by atoms with van der Waals surface area (Å²) in [4.78, 5) is 22.8. The van der Waals surface area contributed by atoms with Crippen LogP contribution < -0.4 is 16.0 Å². The highest BCUT2D eigenvalue weighted by molar-refractivity contribution is 5.98. The predicted molar refractivity (Wildman–Crippen MR) is 107 cm³/mol. The first kappa shape index (κ1) is 19.3. The molecule has 1 aliphatic heterocycles. The topological polar surface area (TPSA) is 101 Å². The fourth-order valence-electron chi connectivity index (χ4n) is 3.89. The third kappa shape index (κ3) is 3.65. The Hall–Kier alpha value is -3.07. The molecule has 0 unspecified atom stereocenters. The minimum atomic E-state index is -0.569. The number of hydrogen-bond donors (Lipinski definition) is 2. The number of carbonyl (C=O) groups excluding carboxylic acids is 1. The Labute approximate surface area is 167 Å². The number of primary amides is 1. The molecule has 0 saturated carbocycles. The molecular formula is C20H24FN7O. The van der Waals surface area contributed by atoms with Gasteiger partial charge in [0.15, 0.2) is 5.65 Å². The zero-order valence-electron chi connectivity index (χ0n) is 16.5. The average Bonchev–Trinajstić information content (AvgIpc) is 3.35. The van der Waals surface area contributed by atoms with E-state index in [1.54, 1.807) is 12.3 Å². The Bertz CT molecular complexity index is 1050. The SMILES string of the molecule is CN[C@@H](C)Cc1ncc(F)cc1[C@H]1CCCN1c1ccn2ncc(C(N)=O)c2n1. The smallest absolute Gasteiger partial charge is 0.254 e. The predicted octanol–water partition coefficient (Wildman–Crippen LogP) is 1.85. The maximum absolute atomic E-state index is 14.1. The molecule has 3 N–H and O–H groups in total. The zero-order valence-corrected chi connectivity index (χ0v) is 16.5. The molecule has 4 heterocycles. The van der Waals surface area contributed by atoms with E-state index in [1.807, 2.05) is 13.1 Å². The van der Waals surface area contributed by atoms with Crippen molar-refractivity contribution in [2.24, 2.45) is 5.73 Å². The number of nitrogens with zero attached hydrogens (tertiary/aromatic N) is 5. The van der Waals surface area contributed by atoms with E-state index in [0.29, 0.717) is 17.9 Å². The molecule has 0 radical (unpaired) electrons. The number of likely N-dealkylation sites (N-methyl/N-ethyl adjacent to an activating group) is 1. The molecular weight excluding hydrogens is 373 g/mol. The number of fused-ring (bicyclic) bond motifs is 1. The van der Waals surface area contributed by atoms with Crippen LogP contribution in [-0.4, -0.2) is 45.1 Å². The summed E-state index contributed by atoms with van der Waals surface area (Å²) < 4.78 is 15.6. The number of hydrogen-bond acceptors (Lipinski definition) is 6. The van der Waals surface area contributed by atoms with Gasteiger partial charge in [-0.2, -0.15) is 5.10 Å². The maximum Gasteiger partial charge on any atom is 0.254 e. The fraction of sp³-hybridized carbons (Fsp3) is 0.400. The Morgan fingerprint density at radius 3 is 3.03 bits per heavy atom. The van der Waals surface area contributed by atoms with E-state index in [0.717, 1.165) is 30.6 Å². The van der Waals surface area contributed by atoms with E-state index in [9.17, 15) is 9.18 Å². The van der Waals surface area contributed by atoms with E-state index in [4.69, 9.17) is 5.73 Å². The number of anilines is 1. The van der Waals surface area contributed by atoms with Crippen molar-refractivity contribution in [3.05, 3.63) is 53.4 Å². The molecule has 1 saturated heterocycles. The first-order chi connectivity index (χ1) is 14.0. The van der Waals surface area contributed by atoms with Crippen LogP contribution in [0.1, 0.15) is 47.4 Å². The minimum Gasteiger partial charge on any atom is -0.365 e. The van der Waals surface area contributed by atoms with E-state index >= 15 is 0 Å². The van der Waals surface area contributed by atoms with Crippen molar-refractivity contribution >= 4 is 17.4 Å². The standard InChI is InChI=1S/C20H24FN7O/c1-12(23-2)8-16-14(9-13(21)10-24-16)17-4-3-6-27(17)18-5-7-28-20(26-18)15(11-25-28)19(22)29/h5,7,9-12,17,23H,3-4,6,8H2,1-2H3,(H2,22,29)/t12-,17+/m0/s1. The normalized spacial score (nSPS) is 17.8. The molecule has 9 heteroatoms. The van der Waals surface area contributed by atoms with Gasteiger partial charge in [0.2, 0.25) is 0 Å². The van der Waals surface area contributed by atoms with Crippen LogP contribution in [0.15, 0.2) is 30.7 Å². The van der Waals surface area contributed by atoms with Gasteiger partial charge in [-0.15, -0.1) is 0 Å². The second kappa shape index (κ2) is 7.75. The van der Waals surface area contributed by atoms with E-state index < -0.39 is 5.91 Å². The summed E-state index contributed by atoms with van der Waals surface area (Å²) in [5.41, 5.74) is 7.90. The summed E-state index contributed by atoms with van der Waals surface area (Å²) in [5, 5.41) is 7.33. The number of nitrogens with two attached hydrogens (primary N) is 1. The summed E-state index contributed by atoms with van der Waals surface area (Å²) in [7, 11) is 1.90. The highest BCUT2D eigenvalue weighted by Gasteiger charge is 2.30. The molecule has 2 atom stereocenters. The number of nitrogens with one attached hydrogen (secondary N) is 1. The zero-order chi connectivity index (χ0) is 20.5. The average molecular weight is 397 g/mol. The maximum atomic E-state index is 14.1. The largest absolute Gasteiger partial charge is 0.365 e. The van der Waals surface area contributed by atoms with Crippen molar-refractivity contribution < 1.29 is 9.18 Å². The molecule has 0 bridgehead atoms. The summed E-state index contributed by atoms with van der Waals surface area (Å²) >= 11 is 0. The van der Waals surface area contributed by atoms with Crippen LogP contribution in [0.25, 0.3) is 5.65 Å². The van der Waals surface area contributed by atoms with Crippen LogP contribution in [0.4, 0.5) is 10.2 Å². The fourth-order valence-corrected chi connectivity index (χ4v) is 3.89. The van der Waals surface area contributed by atoms with Gasteiger partial charge in [-0.1, -0.05) is 0 Å². The highest BCUT2D eigenvalue weighted by atomic mass is 19.1. The van der Waals surface area contributed by atoms with Crippen molar-refractivity contribution in [3.8, 4) is 0 Å². The van der Waals surface area contributed by atoms with Gasteiger partial charge in [-0.25, -0.2) is 13.9 Å². The van der Waals surface area contributed by atoms with Crippen LogP contribution in [0, 0.1) is 5.82 Å². The number of rotatable bonds is 6. The molecule has 0 spiro atoms. The van der Waals surface area contributed by atoms with Gasteiger partial charge in [-0.3, -0.25) is 9.78 Å². The lowest BCUT2D eigenvalue weighted by Crippen LogP contribution is -2.28. The van der Waals surface area contributed by atoms with Crippen LogP contribution in [-0.2, 0) is 6.42 Å². The molecule has 4 rings (SSSR count). The second-order valence-electron chi connectivity index (χ2n) is 7.41. The van der Waals surface area contributed by atoms with Gasteiger partial charge in [0.25, 0.3) is 5.91 Å². The van der Waals surface area contributed by atoms with Gasteiger partial charge in [0, 0.05) is 30.9 Å². The third-order valence-corrected chi connectivity index (χ3v) is 5.49. The molecule has 152 valence electrons. The van der Waals surface area contributed by atoms with Gasteiger partial charge < -0.3 is 16.0 Å². The van der Waals surface area contributed by atoms with E-state index in [1.165, 1.54) is 16.9 Å². The Morgan fingerprint density at radius 1 is 1.45 bits per heavy atom. The number of halogens is 1. The van der Waals surface area contributed by atoms with Gasteiger partial charge in [-0.05, 0) is 44.5 Å². The Balaban J connectivity index is 1.73. The number of pyridine rings is 1. The van der Waals surface area contributed by atoms with E-state index in [-0.39, 0.29) is 23.5 Å². The molecule has 3 aromatic rings. The Kier molecular flexibility index (Phi) is 5.14. The summed E-state index contributed by atoms with van der Waals surface area (Å²) in [5.74, 6) is -0.205. The summed E-state index contributed by atoms with van der Waals surface area (Å²) in [6, 6.07) is 3.62. The van der Waals surface area contributed by atoms with Gasteiger partial charge >= 0.3 is 0 Å². The van der Waals surface area contributed by atoms with Crippen molar-refractivity contribution in [1.82, 2.24) is 24.9 Å². The van der Waals surface area contributed by atoms with Crippen LogP contribution >= 0.6 is 0 Å². The lowest BCUT2D eigenvalue weighted by molar-refractivity contribution is 0.100. The molecule has 1 aliphatic rings. The van der Waals surface area contributed by atoms with Crippen molar-refractivity contribution in [3.63, 3.8) is 0 Å². The molecule has 1 amide bonds. The first-order valence-corrected chi connectivity index (χ1v) is 9.70. The van der Waals surface area contributed by atoms with Gasteiger partial charge in [0.05, 0.1) is 18.4 Å². The summed E-state index contributed by atoms with van der Waals surface area (Å²) in [6.07, 6.45) is 6.99. The molecule has 3 aromatic heterocycles. The summed E-state index contributed by atoms with van der Waals surface area (Å²) in [6.45, 7) is 2.85. The van der Waals surface area contributed by atoms with Crippen LogP contribution in [0.3, 0.4) is 0 Å². The molecule has 0 aliphatic carbocycles. The lowest BCUT2D eigenvalue weighted by Gasteiger charge is -2.28. The van der Waals surface area contributed by atoms with Crippen molar-refractivity contribution in [2.45, 2.75) is 38.3 Å². The van der Waals surface area contributed by atoms with Crippen molar-refractivity contribution in [2.75, 3.05) is 18.5 Å². The second-order valence-corrected chi connectivity index (χ2v) is 7.41. The minimum absolute atomic E-state index is 0.0350. The van der Waals surface area contributed by atoms with Gasteiger partial charge in [0.1, 0.15) is 17.2 Å². The molecule has 1 fully saturated rings. The lowest BCUT2D eigenvalue weighted by atomic mass is 9.98.